The molecule has 0 unspecified atom stereocenters. The van der Waals surface area contributed by atoms with E-state index in [1.165, 1.54) is 31.7 Å². The van der Waals surface area contributed by atoms with Crippen LogP contribution in [-0.2, 0) is 0 Å². The fourth-order valence-corrected chi connectivity index (χ4v) is 9.98. The average Bonchev–Trinajstić information content (AvgIpc) is 3.92. The molecule has 0 spiro atoms. The number of terminal acetylenes is 1. The van der Waals surface area contributed by atoms with E-state index in [-0.39, 0.29) is 65.1 Å². The maximum absolute atomic E-state index is 17.1. The monoisotopic (exact) mass is 697 g/mol. The number of nitrogens with two attached hydrogens (primary N) is 1. The Balaban J connectivity index is 1.18. The third kappa shape index (κ3) is 5.22. The number of nitrogens with zero attached hydrogens (tertiary/aromatic N) is 5. The number of nitrogens with one attached hydrogen (secondary N) is 1. The van der Waals surface area contributed by atoms with E-state index in [9.17, 15) is 13.2 Å². The number of hydrogen-bond acceptors (Lipinski definition) is 8. The van der Waals surface area contributed by atoms with Crippen molar-refractivity contribution < 1.29 is 22.3 Å². The van der Waals surface area contributed by atoms with Crippen LogP contribution in [0.1, 0.15) is 63.4 Å². The highest BCUT2D eigenvalue weighted by Gasteiger charge is 2.51. The van der Waals surface area contributed by atoms with Gasteiger partial charge >= 0.3 is 6.01 Å². The van der Waals surface area contributed by atoms with Crippen molar-refractivity contribution in [1.29, 1.82) is 0 Å². The minimum atomic E-state index is -1.64. The Kier molecular flexibility index (Phi) is 7.67. The third-order valence-corrected chi connectivity index (χ3v) is 12.3. The molecule has 12 heteroatoms. The Hall–Kier alpha value is -4.47. The van der Waals surface area contributed by atoms with Crippen LogP contribution in [0.3, 0.4) is 0 Å². The predicted octanol–water partition coefficient (Wildman–Crippen LogP) is 6.96. The lowest BCUT2D eigenvalue weighted by molar-refractivity contribution is 0.108. The van der Waals surface area contributed by atoms with Crippen molar-refractivity contribution in [3.05, 3.63) is 59.3 Å². The zero-order valence-corrected chi connectivity index (χ0v) is 28.3. The molecule has 2 bridgehead atoms. The maximum atomic E-state index is 17.1. The fourth-order valence-electron chi connectivity index (χ4n) is 9.98. The van der Waals surface area contributed by atoms with E-state index in [2.05, 4.69) is 31.0 Å². The first-order valence-corrected chi connectivity index (χ1v) is 18.0. The van der Waals surface area contributed by atoms with E-state index in [1.54, 1.807) is 24.4 Å². The van der Waals surface area contributed by atoms with Crippen molar-refractivity contribution >= 4 is 33.2 Å². The molecule has 6 heterocycles. The van der Waals surface area contributed by atoms with Crippen LogP contribution in [0.25, 0.3) is 32.9 Å². The lowest BCUT2D eigenvalue weighted by Crippen LogP contribution is -2.62. The van der Waals surface area contributed by atoms with Gasteiger partial charge in [-0.15, -0.1) is 6.42 Å². The Morgan fingerprint density at radius 1 is 1.10 bits per heavy atom. The number of halogens is 4. The van der Waals surface area contributed by atoms with Gasteiger partial charge < -0.3 is 20.7 Å². The summed E-state index contributed by atoms with van der Waals surface area (Å²) in [5.74, 6) is 2.14. The van der Waals surface area contributed by atoms with E-state index < -0.39 is 23.3 Å². The number of pyridine rings is 1. The number of aromatic nitrogens is 3. The molecule has 3 atom stereocenters. The van der Waals surface area contributed by atoms with Crippen LogP contribution in [0.15, 0.2) is 42.1 Å². The Morgan fingerprint density at radius 3 is 2.75 bits per heavy atom. The van der Waals surface area contributed by atoms with Crippen molar-refractivity contribution in [2.45, 2.75) is 74.9 Å². The van der Waals surface area contributed by atoms with Crippen molar-refractivity contribution in [2.24, 2.45) is 5.92 Å². The molecule has 1 aliphatic carbocycles. The largest absolute Gasteiger partial charge is 0.461 e. The second-order valence-electron chi connectivity index (χ2n) is 15.2. The van der Waals surface area contributed by atoms with Gasteiger partial charge in [0, 0.05) is 59.6 Å². The van der Waals surface area contributed by atoms with E-state index in [4.69, 9.17) is 21.9 Å². The van der Waals surface area contributed by atoms with Gasteiger partial charge in [0.25, 0.3) is 6.08 Å². The van der Waals surface area contributed by atoms with Crippen LogP contribution in [0.4, 0.5) is 29.1 Å². The Labute approximate surface area is 293 Å². The van der Waals surface area contributed by atoms with Crippen molar-refractivity contribution in [3.63, 3.8) is 0 Å². The summed E-state index contributed by atoms with van der Waals surface area (Å²) in [5.41, 5.74) is 6.21. The second-order valence-corrected chi connectivity index (χ2v) is 15.2. The van der Waals surface area contributed by atoms with E-state index >= 15 is 4.39 Å². The summed E-state index contributed by atoms with van der Waals surface area (Å²) < 4.78 is 65.9. The summed E-state index contributed by atoms with van der Waals surface area (Å²) >= 11 is 0. The number of ether oxygens (including phenoxy) is 1. The molecule has 8 nitrogen and oxygen atoms in total. The first kappa shape index (κ1) is 32.4. The molecule has 5 fully saturated rings. The molecule has 4 aromatic rings. The van der Waals surface area contributed by atoms with Crippen LogP contribution >= 0.6 is 0 Å². The maximum Gasteiger partial charge on any atom is 0.319 e. The van der Waals surface area contributed by atoms with Gasteiger partial charge in [-0.25, -0.2) is 8.78 Å². The van der Waals surface area contributed by atoms with Crippen LogP contribution in [0.5, 0.6) is 6.01 Å². The van der Waals surface area contributed by atoms with Crippen molar-refractivity contribution in [2.75, 3.05) is 43.4 Å². The minimum absolute atomic E-state index is 0.00220. The van der Waals surface area contributed by atoms with Crippen molar-refractivity contribution in [1.82, 2.24) is 25.2 Å². The summed E-state index contributed by atoms with van der Waals surface area (Å²) in [7, 11) is 0. The van der Waals surface area contributed by atoms with E-state index in [1.807, 2.05) is 0 Å². The molecular weight excluding hydrogens is 658 g/mol. The average molecular weight is 698 g/mol. The molecule has 0 amide bonds. The lowest BCUT2D eigenvalue weighted by Gasteiger charge is -2.45. The number of nitrogen functional groups attached to an aromatic ring is 1. The molecule has 4 aliphatic heterocycles. The quantitative estimate of drug-likeness (QED) is 0.127. The molecule has 5 aliphatic rings. The van der Waals surface area contributed by atoms with Crippen molar-refractivity contribution in [3.8, 4) is 29.6 Å². The molecule has 1 saturated carbocycles. The van der Waals surface area contributed by atoms with Gasteiger partial charge in [0.05, 0.1) is 16.5 Å². The highest BCUT2D eigenvalue weighted by atomic mass is 19.3. The van der Waals surface area contributed by atoms with E-state index in [0.29, 0.717) is 59.6 Å². The SMILES string of the molecule is C#Cc1c(F)ccc2cc(N)cc(-c3ncc4c(N5C[C@@H]6CC[C@](C7CCCC7)(C5)N6)nc(OC[C@@]56CCCN5CC(=C(F)F)C6)nc4c3F)c12. The molecule has 2 aromatic carbocycles. The zero-order chi connectivity index (χ0) is 35.1. The first-order chi connectivity index (χ1) is 24.7. The van der Waals surface area contributed by atoms with Crippen LogP contribution in [0.2, 0.25) is 0 Å². The fraction of sp³-hybridized carbons (Fsp3) is 0.462. The minimum Gasteiger partial charge on any atom is -0.461 e. The van der Waals surface area contributed by atoms with Gasteiger partial charge in [-0.2, -0.15) is 18.7 Å². The Bertz CT molecular complexity index is 2160. The normalized spacial score (nSPS) is 26.4. The summed E-state index contributed by atoms with van der Waals surface area (Å²) in [6.45, 7) is 2.38. The van der Waals surface area contributed by atoms with Gasteiger partial charge in [0.1, 0.15) is 29.5 Å². The number of fused-ring (bicyclic) bond motifs is 5. The molecule has 3 N–H and O–H groups in total. The topological polar surface area (TPSA) is 92.4 Å². The third-order valence-electron chi connectivity index (χ3n) is 12.3. The van der Waals surface area contributed by atoms with Crippen LogP contribution in [-0.4, -0.2) is 69.8 Å². The van der Waals surface area contributed by atoms with Gasteiger partial charge in [-0.1, -0.05) is 24.8 Å². The molecule has 4 saturated heterocycles. The number of hydrogen-bond donors (Lipinski definition) is 2. The second kappa shape index (κ2) is 12.1. The summed E-state index contributed by atoms with van der Waals surface area (Å²) in [6, 6.07) is 6.26. The van der Waals surface area contributed by atoms with E-state index in [0.717, 1.165) is 19.3 Å². The van der Waals surface area contributed by atoms with Gasteiger partial charge in [0.2, 0.25) is 0 Å². The predicted molar refractivity (Wildman–Crippen MR) is 188 cm³/mol. The van der Waals surface area contributed by atoms with Gasteiger partial charge in [-0.05, 0) is 81.0 Å². The molecule has 264 valence electrons. The first-order valence-electron chi connectivity index (χ1n) is 18.0. The standard InChI is InChI=1S/C39H39F4N7O/c1-2-27-30(40)9-8-22-14-25(44)15-28(31(22)27)33-32(41)34-29(17-45-33)36(49-19-26-10-12-39(20-49,48-26)24-6-3-4-7-24)47-37(46-34)51-21-38-11-5-13-50(38)18-23(16-38)35(42)43/h1,8-9,14-15,17,24,26,48H,3-7,10-13,16,18-21,44H2/t26-,38-,39+/m0/s1. The zero-order valence-electron chi connectivity index (χ0n) is 28.3. The number of piperazine rings is 1. The number of rotatable bonds is 6. The number of anilines is 2. The molecule has 51 heavy (non-hydrogen) atoms. The molecular formula is C39H39F4N7O. The summed E-state index contributed by atoms with van der Waals surface area (Å²) in [5, 5.41) is 5.25. The molecule has 9 rings (SSSR count). The number of benzene rings is 2. The van der Waals surface area contributed by atoms with Crippen LogP contribution in [0, 0.1) is 29.9 Å². The smallest absolute Gasteiger partial charge is 0.319 e. The van der Waals surface area contributed by atoms with Gasteiger partial charge in [-0.3, -0.25) is 9.88 Å². The molecule has 2 aromatic heterocycles. The highest BCUT2D eigenvalue weighted by molar-refractivity contribution is 6.03. The summed E-state index contributed by atoms with van der Waals surface area (Å²) in [4.78, 5) is 18.5. The highest BCUT2D eigenvalue weighted by Crippen LogP contribution is 2.46. The lowest BCUT2D eigenvalue weighted by atomic mass is 9.80. The van der Waals surface area contributed by atoms with Crippen LogP contribution < -0.4 is 20.7 Å². The molecule has 0 radical (unpaired) electrons. The summed E-state index contributed by atoms with van der Waals surface area (Å²) in [6.07, 6.45) is 14.4. The Morgan fingerprint density at radius 2 is 1.94 bits per heavy atom. The van der Waals surface area contributed by atoms with Gasteiger partial charge in [0.15, 0.2) is 5.82 Å².